The number of aromatic amines is 1. The molecule has 0 bridgehead atoms. The Hall–Kier alpha value is -2.09. The number of aromatic nitrogens is 2. The molecule has 1 heterocycles. The van der Waals surface area contributed by atoms with Crippen LogP contribution in [0.5, 0.6) is 0 Å². The van der Waals surface area contributed by atoms with Gasteiger partial charge in [0, 0.05) is 12.1 Å². The Morgan fingerprint density at radius 1 is 1.35 bits per heavy atom. The van der Waals surface area contributed by atoms with Crippen LogP contribution in [-0.4, -0.2) is 31.1 Å². The highest BCUT2D eigenvalue weighted by Crippen LogP contribution is 2.31. The maximum absolute atomic E-state index is 10.8. The number of nitro groups is 1. The van der Waals surface area contributed by atoms with E-state index in [2.05, 4.69) is 15.1 Å². The highest BCUT2D eigenvalue weighted by atomic mass is 32.2. The molecule has 1 aliphatic carbocycles. The summed E-state index contributed by atoms with van der Waals surface area (Å²) in [6.07, 6.45) is 6.26. The maximum atomic E-state index is 10.8. The molecule has 3 rings (SSSR count). The second-order valence-electron chi connectivity index (χ2n) is 5.65. The van der Waals surface area contributed by atoms with Gasteiger partial charge in [0.15, 0.2) is 5.16 Å². The summed E-state index contributed by atoms with van der Waals surface area (Å²) >= 11 is 1.53. The standard InChI is InChI=1S/C15H18N4O3S/c20-18-12-5-3-1-2-4-6-14(12)23-15-16-11-8-7-10(19(21)22)9-13(11)17-15/h7-9,14,20H,1-6H2,(H,16,17)/b18-12-. The van der Waals surface area contributed by atoms with Gasteiger partial charge in [-0.25, -0.2) is 4.98 Å². The minimum absolute atomic E-state index is 0.0428. The molecule has 7 nitrogen and oxygen atoms in total. The molecule has 1 unspecified atom stereocenters. The molecule has 2 N–H and O–H groups in total. The molecule has 0 radical (unpaired) electrons. The second kappa shape index (κ2) is 6.99. The SMILES string of the molecule is O=[N+]([O-])c1ccc2nc(SC3CCCCCC/C3=N/O)[nH]c2c1. The molecule has 23 heavy (non-hydrogen) atoms. The van der Waals surface area contributed by atoms with Crippen molar-refractivity contribution in [2.75, 3.05) is 0 Å². The molecule has 1 saturated carbocycles. The van der Waals surface area contributed by atoms with Crippen molar-refractivity contribution in [2.45, 2.75) is 48.9 Å². The summed E-state index contributed by atoms with van der Waals surface area (Å²) in [6, 6.07) is 4.59. The van der Waals surface area contributed by atoms with Crippen LogP contribution in [0.4, 0.5) is 5.69 Å². The highest BCUT2D eigenvalue weighted by Gasteiger charge is 2.21. The van der Waals surface area contributed by atoms with E-state index < -0.39 is 4.92 Å². The fraction of sp³-hybridized carbons (Fsp3) is 0.467. The molecule has 0 spiro atoms. The van der Waals surface area contributed by atoms with E-state index in [1.54, 1.807) is 6.07 Å². The smallest absolute Gasteiger partial charge is 0.271 e. The number of hydrogen-bond acceptors (Lipinski definition) is 6. The predicted octanol–water partition coefficient (Wildman–Crippen LogP) is 4.12. The van der Waals surface area contributed by atoms with Crippen molar-refractivity contribution in [2.24, 2.45) is 5.16 Å². The Kier molecular flexibility index (Phi) is 4.80. The molecule has 0 amide bonds. The molecule has 0 saturated heterocycles. The van der Waals surface area contributed by atoms with Crippen molar-refractivity contribution in [3.8, 4) is 0 Å². The quantitative estimate of drug-likeness (QED) is 0.499. The lowest BCUT2D eigenvalue weighted by molar-refractivity contribution is -0.384. The summed E-state index contributed by atoms with van der Waals surface area (Å²) < 4.78 is 0. The number of benzene rings is 1. The summed E-state index contributed by atoms with van der Waals surface area (Å²) in [5.41, 5.74) is 2.20. The molecule has 2 aromatic rings. The van der Waals surface area contributed by atoms with Gasteiger partial charge in [-0.2, -0.15) is 0 Å². The first-order valence-electron chi connectivity index (χ1n) is 7.69. The Balaban J connectivity index is 1.83. The average molecular weight is 334 g/mol. The van der Waals surface area contributed by atoms with Crippen molar-refractivity contribution < 1.29 is 10.1 Å². The summed E-state index contributed by atoms with van der Waals surface area (Å²) in [5.74, 6) is 0. The Morgan fingerprint density at radius 3 is 2.96 bits per heavy atom. The number of hydrogen-bond donors (Lipinski definition) is 2. The average Bonchev–Trinajstić information content (AvgIpc) is 2.91. The van der Waals surface area contributed by atoms with Crippen molar-refractivity contribution >= 4 is 34.2 Å². The van der Waals surface area contributed by atoms with E-state index in [9.17, 15) is 15.3 Å². The van der Waals surface area contributed by atoms with Crippen molar-refractivity contribution in [1.29, 1.82) is 0 Å². The number of nitrogens with one attached hydrogen (secondary N) is 1. The Morgan fingerprint density at radius 2 is 2.17 bits per heavy atom. The molecule has 0 aliphatic heterocycles. The number of nitro benzene ring substituents is 1. The first kappa shape index (κ1) is 15.8. The van der Waals surface area contributed by atoms with Crippen LogP contribution < -0.4 is 0 Å². The van der Waals surface area contributed by atoms with Gasteiger partial charge in [0.1, 0.15) is 0 Å². The van der Waals surface area contributed by atoms with Crippen LogP contribution in [0.25, 0.3) is 11.0 Å². The molecular weight excluding hydrogens is 316 g/mol. The van der Waals surface area contributed by atoms with E-state index in [1.165, 1.54) is 36.7 Å². The normalized spacial score (nSPS) is 21.2. The summed E-state index contributed by atoms with van der Waals surface area (Å²) in [4.78, 5) is 18.0. The number of imidazole rings is 1. The fourth-order valence-electron chi connectivity index (χ4n) is 2.84. The number of H-pyrrole nitrogens is 1. The maximum Gasteiger partial charge on any atom is 0.271 e. The van der Waals surface area contributed by atoms with Crippen LogP contribution in [0.3, 0.4) is 0 Å². The molecule has 1 fully saturated rings. The number of oxime groups is 1. The highest BCUT2D eigenvalue weighted by molar-refractivity contribution is 8.00. The lowest BCUT2D eigenvalue weighted by atomic mass is 9.99. The third kappa shape index (κ3) is 3.64. The van der Waals surface area contributed by atoms with Crippen LogP contribution in [0, 0.1) is 10.1 Å². The van der Waals surface area contributed by atoms with E-state index >= 15 is 0 Å². The van der Waals surface area contributed by atoms with Crippen LogP contribution >= 0.6 is 11.8 Å². The summed E-state index contributed by atoms with van der Waals surface area (Å²) in [5, 5.41) is 24.4. The minimum Gasteiger partial charge on any atom is -0.411 e. The zero-order valence-corrected chi connectivity index (χ0v) is 13.4. The molecule has 1 aliphatic rings. The first-order chi connectivity index (χ1) is 11.2. The summed E-state index contributed by atoms with van der Waals surface area (Å²) in [7, 11) is 0. The summed E-state index contributed by atoms with van der Waals surface area (Å²) in [6.45, 7) is 0. The molecule has 1 aromatic heterocycles. The number of thioether (sulfide) groups is 1. The van der Waals surface area contributed by atoms with E-state index in [1.807, 2.05) is 0 Å². The predicted molar refractivity (Wildman–Crippen MR) is 89.3 cm³/mol. The van der Waals surface area contributed by atoms with Crippen molar-refractivity contribution in [1.82, 2.24) is 9.97 Å². The van der Waals surface area contributed by atoms with Gasteiger partial charge in [0.25, 0.3) is 5.69 Å². The van der Waals surface area contributed by atoms with Crippen LogP contribution in [0.1, 0.15) is 38.5 Å². The van der Waals surface area contributed by atoms with Gasteiger partial charge >= 0.3 is 0 Å². The zero-order chi connectivity index (χ0) is 16.2. The van der Waals surface area contributed by atoms with Crippen molar-refractivity contribution in [3.05, 3.63) is 28.3 Å². The van der Waals surface area contributed by atoms with Gasteiger partial charge in [-0.05, 0) is 25.3 Å². The topological polar surface area (TPSA) is 104 Å². The molecule has 8 heteroatoms. The van der Waals surface area contributed by atoms with Gasteiger partial charge in [0.2, 0.25) is 0 Å². The van der Waals surface area contributed by atoms with Crippen LogP contribution in [-0.2, 0) is 0 Å². The van der Waals surface area contributed by atoms with Crippen LogP contribution in [0.2, 0.25) is 0 Å². The monoisotopic (exact) mass is 334 g/mol. The Bertz CT molecular complexity index is 743. The van der Waals surface area contributed by atoms with E-state index in [-0.39, 0.29) is 10.9 Å². The molecular formula is C15H18N4O3S. The van der Waals surface area contributed by atoms with Gasteiger partial charge in [-0.15, -0.1) is 0 Å². The fourth-order valence-corrected chi connectivity index (χ4v) is 4.01. The minimum atomic E-state index is -0.418. The van der Waals surface area contributed by atoms with E-state index in [0.717, 1.165) is 31.4 Å². The van der Waals surface area contributed by atoms with Crippen molar-refractivity contribution in [3.63, 3.8) is 0 Å². The lowest BCUT2D eigenvalue weighted by Crippen LogP contribution is -2.19. The van der Waals surface area contributed by atoms with E-state index in [4.69, 9.17) is 0 Å². The number of non-ortho nitro benzene ring substituents is 1. The molecule has 1 atom stereocenters. The number of nitrogens with zero attached hydrogens (tertiary/aromatic N) is 3. The zero-order valence-electron chi connectivity index (χ0n) is 12.6. The van der Waals surface area contributed by atoms with Gasteiger partial charge in [0.05, 0.1) is 26.9 Å². The van der Waals surface area contributed by atoms with E-state index in [0.29, 0.717) is 16.2 Å². The Labute approximate surface area is 137 Å². The number of rotatable bonds is 3. The first-order valence-corrected chi connectivity index (χ1v) is 8.57. The number of fused-ring (bicyclic) bond motifs is 1. The molecule has 1 aromatic carbocycles. The lowest BCUT2D eigenvalue weighted by Gasteiger charge is -2.19. The largest absolute Gasteiger partial charge is 0.411 e. The second-order valence-corrected chi connectivity index (χ2v) is 6.84. The van der Waals surface area contributed by atoms with Gasteiger partial charge in [-0.3, -0.25) is 10.1 Å². The van der Waals surface area contributed by atoms with Gasteiger partial charge < -0.3 is 10.2 Å². The van der Waals surface area contributed by atoms with Crippen LogP contribution in [0.15, 0.2) is 28.5 Å². The molecule has 122 valence electrons. The van der Waals surface area contributed by atoms with Gasteiger partial charge in [-0.1, -0.05) is 36.2 Å². The third-order valence-corrected chi connectivity index (χ3v) is 5.27. The third-order valence-electron chi connectivity index (χ3n) is 4.06.